The third kappa shape index (κ3) is 3.84. The van der Waals surface area contributed by atoms with Crippen molar-refractivity contribution in [3.05, 3.63) is 18.0 Å². The van der Waals surface area contributed by atoms with Crippen LogP contribution in [0.2, 0.25) is 0 Å². The van der Waals surface area contributed by atoms with Gasteiger partial charge >= 0.3 is 0 Å². The summed E-state index contributed by atoms with van der Waals surface area (Å²) in [7, 11) is -2.24. The van der Waals surface area contributed by atoms with Gasteiger partial charge in [0.05, 0.1) is 12.6 Å². The number of ether oxygens (including phenoxy) is 1. The Kier molecular flexibility index (Phi) is 4.70. The molecule has 0 spiro atoms. The molecule has 8 heteroatoms. The number of aromatic nitrogens is 1. The number of carbonyl (C=O) groups excluding carboxylic acids is 1. The molecule has 1 aliphatic carbocycles. The second-order valence-electron chi connectivity index (χ2n) is 5.28. The van der Waals surface area contributed by atoms with E-state index >= 15 is 0 Å². The van der Waals surface area contributed by atoms with Gasteiger partial charge in [-0.3, -0.25) is 4.79 Å². The summed E-state index contributed by atoms with van der Waals surface area (Å²) in [6.07, 6.45) is 4.05. The van der Waals surface area contributed by atoms with Crippen LogP contribution in [0.1, 0.15) is 42.7 Å². The Labute approximate surface area is 124 Å². The highest BCUT2D eigenvalue weighted by atomic mass is 32.2. The summed E-state index contributed by atoms with van der Waals surface area (Å²) >= 11 is 0. The van der Waals surface area contributed by atoms with Crippen LogP contribution in [-0.2, 0) is 14.8 Å². The molecule has 7 nitrogen and oxygen atoms in total. The Morgan fingerprint density at radius 3 is 2.71 bits per heavy atom. The molecule has 1 aromatic rings. The molecule has 0 aliphatic heterocycles. The van der Waals surface area contributed by atoms with Crippen LogP contribution in [0.25, 0.3) is 0 Å². The highest BCUT2D eigenvalue weighted by molar-refractivity contribution is 7.89. The fraction of sp³-hybridized carbons (Fsp3) is 0.615. The molecular formula is C13H21N3O4S. The lowest BCUT2D eigenvalue weighted by molar-refractivity contribution is 0.0885. The molecule has 0 radical (unpaired) electrons. The van der Waals surface area contributed by atoms with E-state index in [1.807, 2.05) is 6.92 Å². The minimum Gasteiger partial charge on any atom is -0.383 e. The number of nitrogens with zero attached hydrogens (tertiary/aromatic N) is 1. The van der Waals surface area contributed by atoms with E-state index in [0.717, 1.165) is 19.3 Å². The van der Waals surface area contributed by atoms with Crippen LogP contribution in [0.3, 0.4) is 0 Å². The summed E-state index contributed by atoms with van der Waals surface area (Å²) in [6.45, 7) is 2.36. The molecule has 118 valence electrons. The molecule has 1 fully saturated rings. The molecule has 1 atom stereocenters. The first-order valence-corrected chi connectivity index (χ1v) is 8.46. The van der Waals surface area contributed by atoms with Gasteiger partial charge in [-0.25, -0.2) is 13.6 Å². The average molecular weight is 315 g/mol. The summed E-state index contributed by atoms with van der Waals surface area (Å²) in [4.78, 5) is 12.3. The van der Waals surface area contributed by atoms with E-state index in [1.54, 1.807) is 11.7 Å². The van der Waals surface area contributed by atoms with Crippen molar-refractivity contribution in [2.45, 2.75) is 43.2 Å². The zero-order valence-electron chi connectivity index (χ0n) is 12.2. The van der Waals surface area contributed by atoms with Gasteiger partial charge in [0.2, 0.25) is 10.0 Å². The normalized spacial score (nSPS) is 16.7. The largest absolute Gasteiger partial charge is 0.383 e. The van der Waals surface area contributed by atoms with Crippen molar-refractivity contribution in [3.8, 4) is 0 Å². The molecule has 21 heavy (non-hydrogen) atoms. The lowest BCUT2D eigenvalue weighted by atomic mass is 10.2. The Morgan fingerprint density at radius 2 is 2.24 bits per heavy atom. The lowest BCUT2D eigenvalue weighted by Gasteiger charge is -2.16. The van der Waals surface area contributed by atoms with E-state index in [0.29, 0.717) is 12.3 Å². The van der Waals surface area contributed by atoms with E-state index in [1.165, 1.54) is 12.3 Å². The van der Waals surface area contributed by atoms with Crippen molar-refractivity contribution in [2.24, 2.45) is 5.14 Å². The molecule has 1 amide bonds. The number of primary sulfonamides is 1. The molecule has 2 rings (SSSR count). The number of carbonyl (C=O) groups is 1. The maximum atomic E-state index is 12.4. The zero-order chi connectivity index (χ0) is 15.6. The van der Waals surface area contributed by atoms with E-state index < -0.39 is 10.0 Å². The van der Waals surface area contributed by atoms with Gasteiger partial charge in [0.15, 0.2) is 0 Å². The molecule has 1 unspecified atom stereocenters. The number of sulfonamides is 1. The Morgan fingerprint density at radius 1 is 1.57 bits per heavy atom. The van der Waals surface area contributed by atoms with Gasteiger partial charge in [-0.1, -0.05) is 6.92 Å². The van der Waals surface area contributed by atoms with Gasteiger partial charge in [0.1, 0.15) is 10.6 Å². The summed E-state index contributed by atoms with van der Waals surface area (Å²) < 4.78 is 29.7. The molecule has 0 aromatic carbocycles. The minimum atomic E-state index is -3.81. The lowest BCUT2D eigenvalue weighted by Crippen LogP contribution is -2.38. The Bertz CT molecular complexity index is 619. The van der Waals surface area contributed by atoms with Crippen molar-refractivity contribution in [3.63, 3.8) is 0 Å². The van der Waals surface area contributed by atoms with Gasteiger partial charge in [0, 0.05) is 19.3 Å². The highest BCUT2D eigenvalue weighted by Gasteiger charge is 2.30. The van der Waals surface area contributed by atoms with E-state index in [9.17, 15) is 13.2 Å². The number of nitrogens with one attached hydrogen (secondary N) is 1. The van der Waals surface area contributed by atoms with Crippen LogP contribution in [-0.4, -0.2) is 38.7 Å². The topological polar surface area (TPSA) is 103 Å². The third-order valence-corrected chi connectivity index (χ3v) is 4.40. The first-order chi connectivity index (χ1) is 9.86. The predicted molar refractivity (Wildman–Crippen MR) is 77.5 cm³/mol. The van der Waals surface area contributed by atoms with Crippen LogP contribution >= 0.6 is 0 Å². The van der Waals surface area contributed by atoms with Gasteiger partial charge in [0.25, 0.3) is 5.91 Å². The van der Waals surface area contributed by atoms with E-state index in [4.69, 9.17) is 9.88 Å². The van der Waals surface area contributed by atoms with Crippen molar-refractivity contribution < 1.29 is 17.9 Å². The third-order valence-electron chi connectivity index (χ3n) is 3.52. The summed E-state index contributed by atoms with van der Waals surface area (Å²) in [6, 6.07) is 1.41. The van der Waals surface area contributed by atoms with Gasteiger partial charge < -0.3 is 14.6 Å². The van der Waals surface area contributed by atoms with Gasteiger partial charge in [-0.05, 0) is 25.3 Å². The summed E-state index contributed by atoms with van der Waals surface area (Å²) in [5, 5.41) is 7.99. The van der Waals surface area contributed by atoms with Gasteiger partial charge in [-0.2, -0.15) is 0 Å². The summed E-state index contributed by atoms with van der Waals surface area (Å²) in [5.74, 6) is -0.305. The van der Waals surface area contributed by atoms with Gasteiger partial charge in [-0.15, -0.1) is 0 Å². The van der Waals surface area contributed by atoms with Crippen LogP contribution in [0.15, 0.2) is 17.2 Å². The van der Waals surface area contributed by atoms with Crippen molar-refractivity contribution >= 4 is 15.9 Å². The monoisotopic (exact) mass is 315 g/mol. The fourth-order valence-electron chi connectivity index (χ4n) is 2.17. The second-order valence-corrected chi connectivity index (χ2v) is 6.84. The number of amides is 1. The first kappa shape index (κ1) is 16.0. The molecule has 0 saturated heterocycles. The molecule has 1 saturated carbocycles. The highest BCUT2D eigenvalue weighted by Crippen LogP contribution is 2.37. The number of hydrogen-bond donors (Lipinski definition) is 2. The molecule has 1 heterocycles. The SMILES string of the molecule is CCC(COC)NC(=O)c1cc(S(N)(=O)=O)cn1C1CC1. The zero-order valence-corrected chi connectivity index (χ0v) is 13.0. The molecule has 1 aromatic heterocycles. The summed E-state index contributed by atoms with van der Waals surface area (Å²) in [5.41, 5.74) is 0.330. The molecular weight excluding hydrogens is 294 g/mol. The number of rotatable bonds is 7. The number of hydrogen-bond acceptors (Lipinski definition) is 4. The Hall–Kier alpha value is -1.38. The smallest absolute Gasteiger partial charge is 0.268 e. The molecule has 1 aliphatic rings. The van der Waals surface area contributed by atoms with Crippen molar-refractivity contribution in [1.82, 2.24) is 9.88 Å². The van der Waals surface area contributed by atoms with Crippen molar-refractivity contribution in [1.29, 1.82) is 0 Å². The van der Waals surface area contributed by atoms with Crippen LogP contribution in [0.5, 0.6) is 0 Å². The fourth-order valence-corrected chi connectivity index (χ4v) is 2.70. The van der Waals surface area contributed by atoms with Crippen LogP contribution in [0, 0.1) is 0 Å². The maximum absolute atomic E-state index is 12.4. The van der Waals surface area contributed by atoms with E-state index in [2.05, 4.69) is 5.32 Å². The second kappa shape index (κ2) is 6.17. The van der Waals surface area contributed by atoms with E-state index in [-0.39, 0.29) is 22.9 Å². The molecule has 3 N–H and O–H groups in total. The standard InChI is InChI=1S/C13H21N3O4S/c1-3-9(8-20-2)15-13(17)12-6-11(21(14,18)19)7-16(12)10-4-5-10/h6-7,9-10H,3-5,8H2,1-2H3,(H,15,17)(H2,14,18,19). The molecule has 0 bridgehead atoms. The first-order valence-electron chi connectivity index (χ1n) is 6.91. The van der Waals surface area contributed by atoms with Crippen LogP contribution < -0.4 is 10.5 Å². The number of methoxy groups -OCH3 is 1. The number of nitrogens with two attached hydrogens (primary N) is 1. The van der Waals surface area contributed by atoms with Crippen molar-refractivity contribution in [2.75, 3.05) is 13.7 Å². The Balaban J connectivity index is 2.25. The average Bonchev–Trinajstić information content (AvgIpc) is 3.14. The predicted octanol–water partition coefficient (Wildman–Crippen LogP) is 0.625. The quantitative estimate of drug-likeness (QED) is 0.770. The minimum absolute atomic E-state index is 0.0284. The maximum Gasteiger partial charge on any atom is 0.268 e. The van der Waals surface area contributed by atoms with Crippen LogP contribution in [0.4, 0.5) is 0 Å².